The molecule has 1 heterocycles. The fourth-order valence-electron chi connectivity index (χ4n) is 3.27. The molecule has 0 unspecified atom stereocenters. The van der Waals surface area contributed by atoms with Gasteiger partial charge in [0.25, 0.3) is 0 Å². The van der Waals surface area contributed by atoms with Crippen molar-refractivity contribution in [3.05, 3.63) is 60.2 Å². The van der Waals surface area contributed by atoms with Crippen LogP contribution >= 0.6 is 24.0 Å². The molecule has 0 radical (unpaired) electrons. The van der Waals surface area contributed by atoms with Crippen molar-refractivity contribution in [1.29, 1.82) is 0 Å². The molecule has 8 heteroatoms. The molecular weight excluding hydrogens is 493 g/mol. The van der Waals surface area contributed by atoms with Crippen molar-refractivity contribution in [2.45, 2.75) is 13.5 Å². The smallest absolute Gasteiger partial charge is 0.411 e. The van der Waals surface area contributed by atoms with Gasteiger partial charge in [-0.15, -0.1) is 24.0 Å². The van der Waals surface area contributed by atoms with Gasteiger partial charge in [0.2, 0.25) is 0 Å². The number of ether oxygens (including phenoxy) is 1. The molecule has 2 aromatic carbocycles. The Morgan fingerprint density at radius 1 is 1.03 bits per heavy atom. The largest absolute Gasteiger partial charge is 0.453 e. The summed E-state index contributed by atoms with van der Waals surface area (Å²) in [6.45, 7) is 7.32. The highest BCUT2D eigenvalue weighted by Gasteiger charge is 2.19. The molecule has 7 nitrogen and oxygen atoms in total. The Morgan fingerprint density at radius 2 is 1.70 bits per heavy atom. The second kappa shape index (κ2) is 12.3. The Morgan fingerprint density at radius 3 is 2.30 bits per heavy atom. The number of methoxy groups -OCH3 is 1. The number of carbonyl (C=O) groups excluding carboxylic acids is 1. The molecule has 2 aromatic rings. The fourth-order valence-corrected chi connectivity index (χ4v) is 3.27. The first-order valence-corrected chi connectivity index (χ1v) is 9.96. The minimum atomic E-state index is -0.472. The van der Waals surface area contributed by atoms with Gasteiger partial charge in [0.1, 0.15) is 0 Å². The van der Waals surface area contributed by atoms with Gasteiger partial charge in [0, 0.05) is 44.1 Å². The molecule has 162 valence electrons. The third-order valence-corrected chi connectivity index (χ3v) is 4.83. The van der Waals surface area contributed by atoms with E-state index in [0.717, 1.165) is 44.2 Å². The maximum atomic E-state index is 11.3. The van der Waals surface area contributed by atoms with Gasteiger partial charge in [0.15, 0.2) is 5.96 Å². The number of benzene rings is 2. The fraction of sp³-hybridized carbons (Fsp3) is 0.364. The second-order valence-electron chi connectivity index (χ2n) is 6.79. The number of anilines is 2. The maximum absolute atomic E-state index is 11.3. The first-order chi connectivity index (χ1) is 14.2. The molecule has 0 spiro atoms. The highest BCUT2D eigenvalue weighted by Crippen LogP contribution is 2.16. The lowest BCUT2D eigenvalue weighted by molar-refractivity contribution is 0.187. The third-order valence-electron chi connectivity index (χ3n) is 4.83. The van der Waals surface area contributed by atoms with Gasteiger partial charge in [-0.25, -0.2) is 9.79 Å². The number of amides is 1. The quantitative estimate of drug-likeness (QED) is 0.355. The first kappa shape index (κ1) is 23.8. The number of carbonyl (C=O) groups is 1. The van der Waals surface area contributed by atoms with Crippen LogP contribution in [0.1, 0.15) is 12.5 Å². The third kappa shape index (κ3) is 6.79. The van der Waals surface area contributed by atoms with Gasteiger partial charge in [-0.1, -0.05) is 30.3 Å². The molecule has 0 bridgehead atoms. The Labute approximate surface area is 195 Å². The molecule has 2 N–H and O–H groups in total. The van der Waals surface area contributed by atoms with E-state index >= 15 is 0 Å². The maximum Gasteiger partial charge on any atom is 0.411 e. The lowest BCUT2D eigenvalue weighted by Crippen LogP contribution is -2.52. The summed E-state index contributed by atoms with van der Waals surface area (Å²) in [6.07, 6.45) is -0.472. The molecule has 0 atom stereocenters. The van der Waals surface area contributed by atoms with Crippen molar-refractivity contribution < 1.29 is 9.53 Å². The molecule has 1 fully saturated rings. The summed E-state index contributed by atoms with van der Waals surface area (Å²) in [6, 6.07) is 18.2. The van der Waals surface area contributed by atoms with E-state index in [4.69, 9.17) is 4.99 Å². The topological polar surface area (TPSA) is 69.2 Å². The van der Waals surface area contributed by atoms with Gasteiger partial charge in [0.05, 0.1) is 13.7 Å². The number of nitrogens with zero attached hydrogens (tertiary/aromatic N) is 3. The number of hydrogen-bond donors (Lipinski definition) is 2. The van der Waals surface area contributed by atoms with Crippen LogP contribution in [-0.4, -0.2) is 56.8 Å². The number of aliphatic imine (C=N–C) groups is 1. The van der Waals surface area contributed by atoms with Crippen molar-refractivity contribution in [2.24, 2.45) is 4.99 Å². The van der Waals surface area contributed by atoms with Crippen LogP contribution in [0.2, 0.25) is 0 Å². The zero-order valence-electron chi connectivity index (χ0n) is 17.5. The monoisotopic (exact) mass is 523 g/mol. The molecule has 1 aliphatic heterocycles. The first-order valence-electron chi connectivity index (χ1n) is 9.96. The van der Waals surface area contributed by atoms with Gasteiger partial charge < -0.3 is 19.9 Å². The number of rotatable bonds is 5. The normalized spacial score (nSPS) is 14.0. The second-order valence-corrected chi connectivity index (χ2v) is 6.79. The lowest BCUT2D eigenvalue weighted by Gasteiger charge is -2.37. The van der Waals surface area contributed by atoms with Crippen LogP contribution in [0.3, 0.4) is 0 Å². The Hall–Kier alpha value is -2.49. The summed E-state index contributed by atoms with van der Waals surface area (Å²) in [5.74, 6) is 0.942. The van der Waals surface area contributed by atoms with Crippen molar-refractivity contribution in [3.8, 4) is 0 Å². The molecule has 30 heavy (non-hydrogen) atoms. The number of piperazine rings is 1. The van der Waals surface area contributed by atoms with Crippen molar-refractivity contribution in [3.63, 3.8) is 0 Å². The summed E-state index contributed by atoms with van der Waals surface area (Å²) in [5, 5.41) is 6.06. The predicted octanol–water partition coefficient (Wildman–Crippen LogP) is 3.77. The number of guanidine groups is 1. The van der Waals surface area contributed by atoms with Crippen LogP contribution in [0.4, 0.5) is 16.2 Å². The molecule has 3 rings (SSSR count). The zero-order chi connectivity index (χ0) is 20.5. The average molecular weight is 523 g/mol. The standard InChI is InChI=1S/C22H29N5O2.HI/c1-3-23-21(24-17-18-9-11-19(12-10-18)25-22(28)29-2)27-15-13-26(14-16-27)20-7-5-4-6-8-20;/h4-12H,3,13-17H2,1-2H3,(H,23,24)(H,25,28);1H. The molecular formula is C22H30IN5O2. The van der Waals surface area contributed by atoms with Crippen LogP contribution in [0.25, 0.3) is 0 Å². The minimum Gasteiger partial charge on any atom is -0.453 e. The van der Waals surface area contributed by atoms with Crippen LogP contribution in [0, 0.1) is 0 Å². The van der Waals surface area contributed by atoms with Gasteiger partial charge >= 0.3 is 6.09 Å². The van der Waals surface area contributed by atoms with Crippen LogP contribution in [-0.2, 0) is 11.3 Å². The summed E-state index contributed by atoms with van der Waals surface area (Å²) in [5.41, 5.74) is 3.06. The minimum absolute atomic E-state index is 0. The summed E-state index contributed by atoms with van der Waals surface area (Å²) in [4.78, 5) is 20.8. The van der Waals surface area contributed by atoms with E-state index in [1.54, 1.807) is 0 Å². The molecule has 0 saturated carbocycles. The van der Waals surface area contributed by atoms with E-state index in [1.165, 1.54) is 12.8 Å². The van der Waals surface area contributed by atoms with E-state index in [2.05, 4.69) is 56.4 Å². The number of halogens is 1. The molecule has 0 aromatic heterocycles. The molecule has 1 saturated heterocycles. The van der Waals surface area contributed by atoms with Gasteiger partial charge in [-0.05, 0) is 36.8 Å². The van der Waals surface area contributed by atoms with E-state index in [0.29, 0.717) is 12.2 Å². The van der Waals surface area contributed by atoms with Crippen molar-refractivity contribution in [2.75, 3.05) is 50.1 Å². The van der Waals surface area contributed by atoms with Gasteiger partial charge in [-0.2, -0.15) is 0 Å². The average Bonchev–Trinajstić information content (AvgIpc) is 2.78. The zero-order valence-corrected chi connectivity index (χ0v) is 19.8. The predicted molar refractivity (Wildman–Crippen MR) is 133 cm³/mol. The summed E-state index contributed by atoms with van der Waals surface area (Å²) in [7, 11) is 1.35. The van der Waals surface area contributed by atoms with Crippen molar-refractivity contribution in [1.82, 2.24) is 10.2 Å². The summed E-state index contributed by atoms with van der Waals surface area (Å²) < 4.78 is 4.60. The number of nitrogens with one attached hydrogen (secondary N) is 2. The van der Waals surface area contributed by atoms with Crippen LogP contribution in [0.5, 0.6) is 0 Å². The van der Waals surface area contributed by atoms with Crippen molar-refractivity contribution >= 4 is 47.4 Å². The molecule has 1 amide bonds. The van der Waals surface area contributed by atoms with Gasteiger partial charge in [-0.3, -0.25) is 5.32 Å². The van der Waals surface area contributed by atoms with E-state index in [9.17, 15) is 4.79 Å². The SMILES string of the molecule is CCNC(=NCc1ccc(NC(=O)OC)cc1)N1CCN(c2ccccc2)CC1.I. The number of para-hydroxylation sites is 1. The summed E-state index contributed by atoms with van der Waals surface area (Å²) >= 11 is 0. The highest BCUT2D eigenvalue weighted by atomic mass is 127. The van der Waals surface area contributed by atoms with Crippen LogP contribution in [0.15, 0.2) is 59.6 Å². The Balaban J connectivity index is 0.00000320. The highest BCUT2D eigenvalue weighted by molar-refractivity contribution is 14.0. The van der Waals surface area contributed by atoms with E-state index < -0.39 is 6.09 Å². The molecule has 1 aliphatic rings. The Kier molecular flexibility index (Phi) is 9.72. The Bertz CT molecular complexity index is 806. The van der Waals surface area contributed by atoms with E-state index in [-0.39, 0.29) is 24.0 Å². The molecule has 0 aliphatic carbocycles. The van der Waals surface area contributed by atoms with Crippen LogP contribution < -0.4 is 15.5 Å². The lowest BCUT2D eigenvalue weighted by atomic mass is 10.2. The van der Waals surface area contributed by atoms with E-state index in [1.807, 2.05) is 30.3 Å². The number of hydrogen-bond acceptors (Lipinski definition) is 4.